The lowest BCUT2D eigenvalue weighted by molar-refractivity contribution is 0.601. The van der Waals surface area contributed by atoms with Crippen molar-refractivity contribution in [1.82, 2.24) is 9.78 Å². The smallest absolute Gasteiger partial charge is 0.262 e. The normalized spacial score (nSPS) is 13.5. The molecule has 0 saturated heterocycles. The van der Waals surface area contributed by atoms with Crippen LogP contribution in [0.15, 0.2) is 65.8 Å². The Labute approximate surface area is 153 Å². The number of sulfonamides is 1. The summed E-state index contributed by atoms with van der Waals surface area (Å²) in [6, 6.07) is 15.6. The van der Waals surface area contributed by atoms with E-state index in [0.29, 0.717) is 17.1 Å². The number of hydrogen-bond donors (Lipinski definition) is 1. The summed E-state index contributed by atoms with van der Waals surface area (Å²) in [5.74, 6) is 0. The van der Waals surface area contributed by atoms with E-state index in [2.05, 4.69) is 22.0 Å². The third-order valence-corrected chi connectivity index (χ3v) is 6.12. The number of hydrogen-bond acceptors (Lipinski definition) is 3. The first-order chi connectivity index (χ1) is 12.6. The maximum atomic E-state index is 12.6. The Morgan fingerprint density at radius 1 is 1.04 bits per heavy atom. The van der Waals surface area contributed by atoms with Crippen LogP contribution in [0, 0.1) is 0 Å². The SMILES string of the molecule is O=S(=O)(Nc1cnn(CCc2ccccc2)c1)c1ccc2c(c1)CCC2. The second kappa shape index (κ2) is 6.96. The van der Waals surface area contributed by atoms with E-state index in [0.717, 1.165) is 31.2 Å². The highest BCUT2D eigenvalue weighted by Crippen LogP contribution is 2.25. The summed E-state index contributed by atoms with van der Waals surface area (Å²) in [5, 5.41) is 4.26. The van der Waals surface area contributed by atoms with Crippen molar-refractivity contribution < 1.29 is 8.42 Å². The van der Waals surface area contributed by atoms with Gasteiger partial charge in [-0.3, -0.25) is 9.40 Å². The van der Waals surface area contributed by atoms with Crippen molar-refractivity contribution in [1.29, 1.82) is 0 Å². The van der Waals surface area contributed by atoms with E-state index in [1.807, 2.05) is 24.3 Å². The monoisotopic (exact) mass is 367 g/mol. The lowest BCUT2D eigenvalue weighted by Gasteiger charge is -2.08. The summed E-state index contributed by atoms with van der Waals surface area (Å²) >= 11 is 0. The molecule has 0 aliphatic heterocycles. The van der Waals surface area contributed by atoms with Gasteiger partial charge in [-0.15, -0.1) is 0 Å². The van der Waals surface area contributed by atoms with Crippen molar-refractivity contribution >= 4 is 15.7 Å². The van der Waals surface area contributed by atoms with Gasteiger partial charge in [-0.2, -0.15) is 5.10 Å². The number of aromatic nitrogens is 2. The van der Waals surface area contributed by atoms with Gasteiger partial charge < -0.3 is 0 Å². The van der Waals surface area contributed by atoms with E-state index in [1.54, 1.807) is 29.2 Å². The molecule has 6 heteroatoms. The molecule has 134 valence electrons. The van der Waals surface area contributed by atoms with Crippen molar-refractivity contribution in [3.05, 3.63) is 77.6 Å². The van der Waals surface area contributed by atoms with Crippen LogP contribution >= 0.6 is 0 Å². The largest absolute Gasteiger partial charge is 0.276 e. The molecule has 0 unspecified atom stereocenters. The number of nitrogens with one attached hydrogen (secondary N) is 1. The van der Waals surface area contributed by atoms with Crippen LogP contribution in [-0.2, 0) is 35.8 Å². The van der Waals surface area contributed by atoms with Gasteiger partial charge in [-0.05, 0) is 54.5 Å². The average molecular weight is 367 g/mol. The highest BCUT2D eigenvalue weighted by molar-refractivity contribution is 7.92. The van der Waals surface area contributed by atoms with Gasteiger partial charge >= 0.3 is 0 Å². The molecule has 1 aromatic heterocycles. The van der Waals surface area contributed by atoms with Gasteiger partial charge in [0.2, 0.25) is 0 Å². The highest BCUT2D eigenvalue weighted by atomic mass is 32.2. The van der Waals surface area contributed by atoms with Crippen LogP contribution in [0.25, 0.3) is 0 Å². The Morgan fingerprint density at radius 2 is 1.85 bits per heavy atom. The van der Waals surface area contributed by atoms with Crippen molar-refractivity contribution in [3.63, 3.8) is 0 Å². The number of rotatable bonds is 6. The molecule has 1 heterocycles. The van der Waals surface area contributed by atoms with Crippen molar-refractivity contribution in [2.75, 3.05) is 4.72 Å². The Kier molecular flexibility index (Phi) is 4.51. The number of fused-ring (bicyclic) bond motifs is 1. The molecule has 5 nitrogen and oxygen atoms in total. The van der Waals surface area contributed by atoms with Gasteiger partial charge in [0.25, 0.3) is 10.0 Å². The number of nitrogens with zero attached hydrogens (tertiary/aromatic N) is 2. The maximum absolute atomic E-state index is 12.6. The van der Waals surface area contributed by atoms with E-state index < -0.39 is 10.0 Å². The fourth-order valence-electron chi connectivity index (χ4n) is 3.36. The lowest BCUT2D eigenvalue weighted by atomic mass is 10.1. The van der Waals surface area contributed by atoms with Crippen molar-refractivity contribution in [3.8, 4) is 0 Å². The number of benzene rings is 2. The summed E-state index contributed by atoms with van der Waals surface area (Å²) in [6.07, 6.45) is 7.22. The van der Waals surface area contributed by atoms with Crippen LogP contribution in [0.2, 0.25) is 0 Å². The summed E-state index contributed by atoms with van der Waals surface area (Å²) in [4.78, 5) is 0.315. The zero-order chi connectivity index (χ0) is 18.0. The van der Waals surface area contributed by atoms with Gasteiger partial charge in [0.1, 0.15) is 0 Å². The van der Waals surface area contributed by atoms with E-state index >= 15 is 0 Å². The standard InChI is InChI=1S/C20H21N3O2S/c24-26(25,20-10-9-17-7-4-8-18(17)13-20)22-19-14-21-23(15-19)12-11-16-5-2-1-3-6-16/h1-3,5-6,9-10,13-15,22H,4,7-8,11-12H2. The van der Waals surface area contributed by atoms with Crippen LogP contribution in [0.3, 0.4) is 0 Å². The molecule has 0 bridgehead atoms. The van der Waals surface area contributed by atoms with E-state index in [9.17, 15) is 8.42 Å². The first-order valence-electron chi connectivity index (χ1n) is 8.81. The maximum Gasteiger partial charge on any atom is 0.262 e. The summed E-state index contributed by atoms with van der Waals surface area (Å²) in [5.41, 5.74) is 4.12. The number of anilines is 1. The third kappa shape index (κ3) is 3.65. The molecule has 0 fully saturated rings. The molecular formula is C20H21N3O2S. The minimum Gasteiger partial charge on any atom is -0.276 e. The van der Waals surface area contributed by atoms with Crippen LogP contribution in [0.1, 0.15) is 23.1 Å². The van der Waals surface area contributed by atoms with E-state index in [4.69, 9.17) is 0 Å². The van der Waals surface area contributed by atoms with E-state index in [1.165, 1.54) is 11.1 Å². The predicted octanol–water partition coefficient (Wildman–Crippen LogP) is 3.42. The van der Waals surface area contributed by atoms with Crippen LogP contribution in [0.5, 0.6) is 0 Å². The summed E-state index contributed by atoms with van der Waals surface area (Å²) in [6.45, 7) is 0.699. The first kappa shape index (κ1) is 16.8. The fourth-order valence-corrected chi connectivity index (χ4v) is 4.43. The van der Waals surface area contributed by atoms with Crippen LogP contribution in [-0.4, -0.2) is 18.2 Å². The van der Waals surface area contributed by atoms with Gasteiger partial charge in [0.15, 0.2) is 0 Å². The quantitative estimate of drug-likeness (QED) is 0.726. The molecule has 0 amide bonds. The summed E-state index contributed by atoms with van der Waals surface area (Å²) in [7, 11) is -3.59. The Balaban J connectivity index is 1.44. The van der Waals surface area contributed by atoms with Crippen molar-refractivity contribution in [2.24, 2.45) is 0 Å². The Hall–Kier alpha value is -2.60. The molecular weight excluding hydrogens is 346 g/mol. The van der Waals surface area contributed by atoms with E-state index in [-0.39, 0.29) is 0 Å². The minimum atomic E-state index is -3.59. The lowest BCUT2D eigenvalue weighted by Crippen LogP contribution is -2.13. The molecule has 0 saturated carbocycles. The molecule has 1 aliphatic rings. The van der Waals surface area contributed by atoms with Gasteiger partial charge in [-0.1, -0.05) is 36.4 Å². The zero-order valence-corrected chi connectivity index (χ0v) is 15.2. The second-order valence-electron chi connectivity index (χ2n) is 6.62. The van der Waals surface area contributed by atoms with Gasteiger partial charge in [0, 0.05) is 12.7 Å². The first-order valence-corrected chi connectivity index (χ1v) is 10.3. The molecule has 2 aromatic carbocycles. The van der Waals surface area contributed by atoms with Crippen LogP contribution in [0.4, 0.5) is 5.69 Å². The summed E-state index contributed by atoms with van der Waals surface area (Å²) < 4.78 is 29.7. The predicted molar refractivity (Wildman–Crippen MR) is 102 cm³/mol. The molecule has 1 aliphatic carbocycles. The molecule has 1 N–H and O–H groups in total. The Bertz CT molecular complexity index is 1010. The molecule has 26 heavy (non-hydrogen) atoms. The molecule has 0 radical (unpaired) electrons. The molecule has 0 atom stereocenters. The van der Waals surface area contributed by atoms with Gasteiger partial charge in [-0.25, -0.2) is 8.42 Å². The third-order valence-electron chi connectivity index (χ3n) is 4.74. The number of aryl methyl sites for hydroxylation is 4. The molecule has 0 spiro atoms. The van der Waals surface area contributed by atoms with Gasteiger partial charge in [0.05, 0.1) is 16.8 Å². The molecule has 3 aromatic rings. The fraction of sp³-hybridized carbons (Fsp3) is 0.250. The second-order valence-corrected chi connectivity index (χ2v) is 8.30. The van der Waals surface area contributed by atoms with Crippen molar-refractivity contribution in [2.45, 2.75) is 37.1 Å². The topological polar surface area (TPSA) is 64.0 Å². The van der Waals surface area contributed by atoms with Crippen LogP contribution < -0.4 is 4.72 Å². The zero-order valence-electron chi connectivity index (χ0n) is 14.4. The highest BCUT2D eigenvalue weighted by Gasteiger charge is 2.19. The average Bonchev–Trinajstić information content (AvgIpc) is 3.29. The minimum absolute atomic E-state index is 0.315. The Morgan fingerprint density at radius 3 is 2.69 bits per heavy atom. The molecule has 4 rings (SSSR count).